The predicted octanol–water partition coefficient (Wildman–Crippen LogP) is 2.54. The van der Waals surface area contributed by atoms with Gasteiger partial charge in [0.25, 0.3) is 5.91 Å². The number of nitrogen functional groups attached to an aromatic ring is 1. The van der Waals surface area contributed by atoms with E-state index in [4.69, 9.17) is 15.2 Å². The summed E-state index contributed by atoms with van der Waals surface area (Å²) in [5.41, 5.74) is 8.19. The normalized spacial score (nSPS) is 10.6. The lowest BCUT2D eigenvalue weighted by atomic mass is 10.1. The molecule has 3 N–H and O–H groups in total. The number of halogens is 1. The summed E-state index contributed by atoms with van der Waals surface area (Å²) in [6.07, 6.45) is 0.695. The van der Waals surface area contributed by atoms with Gasteiger partial charge in [-0.2, -0.15) is 0 Å². The third-order valence-corrected chi connectivity index (χ3v) is 3.68. The van der Waals surface area contributed by atoms with Crippen molar-refractivity contribution in [2.75, 3.05) is 32.6 Å². The molecule has 1 amide bonds. The fourth-order valence-electron chi connectivity index (χ4n) is 2.26. The van der Waals surface area contributed by atoms with Crippen LogP contribution in [0.15, 0.2) is 42.5 Å². The first-order chi connectivity index (χ1) is 12.1. The number of nitrogens with two attached hydrogens (primary N) is 1. The van der Waals surface area contributed by atoms with Gasteiger partial charge in [-0.3, -0.25) is 4.79 Å². The molecule has 0 unspecified atom stereocenters. The second kappa shape index (κ2) is 9.76. The number of hydrogen-bond donors (Lipinski definition) is 2. The van der Waals surface area contributed by atoms with Crippen molar-refractivity contribution >= 4 is 11.6 Å². The van der Waals surface area contributed by atoms with E-state index < -0.39 is 5.82 Å². The molecule has 0 spiro atoms. The van der Waals surface area contributed by atoms with Crippen molar-refractivity contribution < 1.29 is 18.7 Å². The van der Waals surface area contributed by atoms with E-state index in [0.717, 1.165) is 5.56 Å². The zero-order chi connectivity index (χ0) is 18.1. The third kappa shape index (κ3) is 6.17. The Bertz CT molecular complexity index is 690. The molecule has 0 saturated carbocycles. The number of carbonyl (C=O) groups is 1. The van der Waals surface area contributed by atoms with Crippen LogP contribution >= 0.6 is 0 Å². The molecular weight excluding hydrogens is 323 g/mol. The quantitative estimate of drug-likeness (QED) is 0.541. The first-order valence-corrected chi connectivity index (χ1v) is 8.08. The van der Waals surface area contributed by atoms with Crippen LogP contribution in [0.2, 0.25) is 0 Å². The van der Waals surface area contributed by atoms with Crippen LogP contribution in [0.1, 0.15) is 21.5 Å². The van der Waals surface area contributed by atoms with Crippen molar-refractivity contribution in [3.8, 4) is 0 Å². The molecule has 2 aromatic rings. The van der Waals surface area contributed by atoms with Crippen LogP contribution in [-0.2, 0) is 22.5 Å². The average molecular weight is 346 g/mol. The molecule has 2 aromatic carbocycles. The standard InChI is InChI=1S/C19H23FN2O3/c1-24-10-11-25-13-16-12-15(4-7-18(16)20)19(23)22-9-8-14-2-5-17(21)6-3-14/h2-7,12H,8-11,13,21H2,1H3,(H,22,23). The van der Waals surface area contributed by atoms with Gasteiger partial charge in [0.2, 0.25) is 0 Å². The van der Waals surface area contributed by atoms with Gasteiger partial charge in [-0.15, -0.1) is 0 Å². The molecule has 0 fully saturated rings. The molecule has 0 aliphatic carbocycles. The smallest absolute Gasteiger partial charge is 0.251 e. The molecule has 0 bridgehead atoms. The lowest BCUT2D eigenvalue weighted by molar-refractivity contribution is 0.0604. The lowest BCUT2D eigenvalue weighted by Gasteiger charge is -2.09. The number of anilines is 1. The second-order valence-corrected chi connectivity index (χ2v) is 5.60. The van der Waals surface area contributed by atoms with Crippen molar-refractivity contribution in [2.45, 2.75) is 13.0 Å². The van der Waals surface area contributed by atoms with Crippen molar-refractivity contribution in [1.29, 1.82) is 0 Å². The van der Waals surface area contributed by atoms with Crippen LogP contribution < -0.4 is 11.1 Å². The summed E-state index contributed by atoms with van der Waals surface area (Å²) in [5, 5.41) is 2.83. The fourth-order valence-corrected chi connectivity index (χ4v) is 2.26. The number of rotatable bonds is 9. The summed E-state index contributed by atoms with van der Waals surface area (Å²) in [7, 11) is 1.57. The van der Waals surface area contributed by atoms with E-state index in [2.05, 4.69) is 5.32 Å². The molecule has 0 radical (unpaired) electrons. The first-order valence-electron chi connectivity index (χ1n) is 8.08. The number of nitrogens with one attached hydrogen (secondary N) is 1. The predicted molar refractivity (Wildman–Crippen MR) is 94.8 cm³/mol. The maximum Gasteiger partial charge on any atom is 0.251 e. The number of amides is 1. The van der Waals surface area contributed by atoms with Gasteiger partial charge in [0.05, 0.1) is 19.8 Å². The fraction of sp³-hybridized carbons (Fsp3) is 0.316. The zero-order valence-electron chi connectivity index (χ0n) is 14.3. The summed E-state index contributed by atoms with van der Waals surface area (Å²) < 4.78 is 24.0. The summed E-state index contributed by atoms with van der Waals surface area (Å²) in [6, 6.07) is 11.8. The molecule has 0 aromatic heterocycles. The molecule has 5 nitrogen and oxygen atoms in total. The van der Waals surface area contributed by atoms with Gasteiger partial charge in [-0.1, -0.05) is 12.1 Å². The van der Waals surface area contributed by atoms with E-state index in [0.29, 0.717) is 43.0 Å². The van der Waals surface area contributed by atoms with E-state index in [1.54, 1.807) is 7.11 Å². The molecule has 2 rings (SSSR count). The molecular formula is C19H23FN2O3. The highest BCUT2D eigenvalue weighted by Crippen LogP contribution is 2.12. The maximum absolute atomic E-state index is 13.8. The summed E-state index contributed by atoms with van der Waals surface area (Å²) in [6.45, 7) is 1.39. The number of benzene rings is 2. The van der Waals surface area contributed by atoms with E-state index in [9.17, 15) is 9.18 Å². The minimum atomic E-state index is -0.393. The Morgan fingerprint density at radius 1 is 1.16 bits per heavy atom. The Labute approximate surface area is 146 Å². The zero-order valence-corrected chi connectivity index (χ0v) is 14.3. The Morgan fingerprint density at radius 3 is 2.64 bits per heavy atom. The van der Waals surface area contributed by atoms with Gasteiger partial charge < -0.3 is 20.5 Å². The van der Waals surface area contributed by atoms with Crippen LogP contribution in [0.25, 0.3) is 0 Å². The largest absolute Gasteiger partial charge is 0.399 e. The van der Waals surface area contributed by atoms with Crippen molar-refractivity contribution in [3.63, 3.8) is 0 Å². The van der Waals surface area contributed by atoms with E-state index in [1.807, 2.05) is 24.3 Å². The topological polar surface area (TPSA) is 73.6 Å². The first kappa shape index (κ1) is 18.9. The molecule has 0 aliphatic heterocycles. The van der Waals surface area contributed by atoms with Gasteiger partial charge in [0, 0.05) is 30.5 Å². The summed E-state index contributed by atoms with van der Waals surface area (Å²) in [4.78, 5) is 12.2. The molecule has 25 heavy (non-hydrogen) atoms. The summed E-state index contributed by atoms with van der Waals surface area (Å²) >= 11 is 0. The van der Waals surface area contributed by atoms with Crippen LogP contribution in [0.4, 0.5) is 10.1 Å². The van der Waals surface area contributed by atoms with Crippen LogP contribution in [0.5, 0.6) is 0 Å². The van der Waals surface area contributed by atoms with Crippen molar-refractivity contribution in [3.05, 3.63) is 65.0 Å². The number of hydrogen-bond acceptors (Lipinski definition) is 4. The maximum atomic E-state index is 13.8. The van der Waals surface area contributed by atoms with Gasteiger partial charge in [0.15, 0.2) is 0 Å². The second-order valence-electron chi connectivity index (χ2n) is 5.60. The number of ether oxygens (including phenoxy) is 2. The Balaban J connectivity index is 1.86. The van der Waals surface area contributed by atoms with E-state index in [-0.39, 0.29) is 12.5 Å². The SMILES string of the molecule is COCCOCc1cc(C(=O)NCCc2ccc(N)cc2)ccc1F. The van der Waals surface area contributed by atoms with Gasteiger partial charge in [-0.25, -0.2) is 4.39 Å². The Morgan fingerprint density at radius 2 is 1.92 bits per heavy atom. The molecule has 6 heteroatoms. The van der Waals surface area contributed by atoms with Crippen LogP contribution in [-0.4, -0.2) is 32.8 Å². The Kier molecular flexibility index (Phi) is 7.37. The highest BCUT2D eigenvalue weighted by atomic mass is 19.1. The lowest BCUT2D eigenvalue weighted by Crippen LogP contribution is -2.25. The van der Waals surface area contributed by atoms with Gasteiger partial charge in [-0.05, 0) is 42.3 Å². The minimum absolute atomic E-state index is 0.0990. The highest BCUT2D eigenvalue weighted by molar-refractivity contribution is 5.94. The molecule has 0 aliphatic rings. The van der Waals surface area contributed by atoms with Gasteiger partial charge in [0.1, 0.15) is 5.82 Å². The molecule has 0 heterocycles. The number of carbonyl (C=O) groups excluding carboxylic acids is 1. The van der Waals surface area contributed by atoms with Crippen molar-refractivity contribution in [1.82, 2.24) is 5.32 Å². The molecule has 0 atom stereocenters. The third-order valence-electron chi connectivity index (χ3n) is 3.68. The summed E-state index contributed by atoms with van der Waals surface area (Å²) in [5.74, 6) is -0.635. The molecule has 134 valence electrons. The average Bonchev–Trinajstić information content (AvgIpc) is 2.61. The van der Waals surface area contributed by atoms with E-state index >= 15 is 0 Å². The number of methoxy groups -OCH3 is 1. The Hall–Kier alpha value is -2.44. The monoisotopic (exact) mass is 346 g/mol. The molecule has 0 saturated heterocycles. The van der Waals surface area contributed by atoms with Crippen LogP contribution in [0.3, 0.4) is 0 Å². The highest BCUT2D eigenvalue weighted by Gasteiger charge is 2.10. The van der Waals surface area contributed by atoms with Gasteiger partial charge >= 0.3 is 0 Å². The van der Waals surface area contributed by atoms with Crippen molar-refractivity contribution in [2.24, 2.45) is 0 Å². The van der Waals surface area contributed by atoms with E-state index in [1.165, 1.54) is 18.2 Å². The van der Waals surface area contributed by atoms with Crippen LogP contribution in [0, 0.1) is 5.82 Å². The minimum Gasteiger partial charge on any atom is -0.399 e.